The molecule has 0 aliphatic rings. The summed E-state index contributed by atoms with van der Waals surface area (Å²) in [5, 5.41) is 9.85. The van der Waals surface area contributed by atoms with Gasteiger partial charge in [0.05, 0.1) is 6.61 Å². The van der Waals surface area contributed by atoms with Crippen molar-refractivity contribution in [3.63, 3.8) is 0 Å². The van der Waals surface area contributed by atoms with E-state index in [0.717, 1.165) is 30.1 Å². The van der Waals surface area contributed by atoms with Gasteiger partial charge in [0.1, 0.15) is 11.6 Å². The summed E-state index contributed by atoms with van der Waals surface area (Å²) in [6.07, 6.45) is 0.873. The number of nitrogens with one attached hydrogen (secondary N) is 3. The first-order valence-electron chi connectivity index (χ1n) is 8.50. The van der Waals surface area contributed by atoms with Gasteiger partial charge in [-0.15, -0.1) is 0 Å². The Bertz CT molecular complexity index is 709. The molecule has 2 aromatic rings. The van der Waals surface area contributed by atoms with Gasteiger partial charge in [-0.05, 0) is 56.8 Å². The summed E-state index contributed by atoms with van der Waals surface area (Å²) >= 11 is 5.26. The Labute approximate surface area is 159 Å². The highest BCUT2D eigenvalue weighted by atomic mass is 32.1. The van der Waals surface area contributed by atoms with Crippen LogP contribution in [0.5, 0.6) is 5.75 Å². The smallest absolute Gasteiger partial charge is 0.231 e. The lowest BCUT2D eigenvalue weighted by molar-refractivity contribution is 0.196. The van der Waals surface area contributed by atoms with Crippen molar-refractivity contribution in [2.24, 2.45) is 0 Å². The van der Waals surface area contributed by atoms with Gasteiger partial charge in [0.15, 0.2) is 5.11 Å². The van der Waals surface area contributed by atoms with Gasteiger partial charge >= 0.3 is 0 Å². The van der Waals surface area contributed by atoms with Gasteiger partial charge in [-0.2, -0.15) is 4.98 Å². The third-order valence-corrected chi connectivity index (χ3v) is 3.57. The van der Waals surface area contributed by atoms with Crippen molar-refractivity contribution in [2.75, 3.05) is 37.5 Å². The van der Waals surface area contributed by atoms with E-state index in [1.165, 1.54) is 0 Å². The first-order valence-corrected chi connectivity index (χ1v) is 8.91. The largest absolute Gasteiger partial charge is 0.494 e. The molecule has 0 atom stereocenters. The number of ether oxygens (including phenoxy) is 2. The van der Waals surface area contributed by atoms with Crippen LogP contribution in [0.4, 0.5) is 17.5 Å². The maximum Gasteiger partial charge on any atom is 0.231 e. The highest BCUT2D eigenvalue weighted by molar-refractivity contribution is 7.80. The van der Waals surface area contributed by atoms with E-state index in [1.807, 2.05) is 44.2 Å². The van der Waals surface area contributed by atoms with Crippen LogP contribution in [0, 0.1) is 6.92 Å². The number of anilines is 3. The minimum atomic E-state index is 0.447. The zero-order valence-corrected chi connectivity index (χ0v) is 16.2. The second-order valence-corrected chi connectivity index (χ2v) is 5.94. The molecule has 26 heavy (non-hydrogen) atoms. The molecular formula is C18H25N5O2S. The minimum Gasteiger partial charge on any atom is -0.494 e. The first-order chi connectivity index (χ1) is 12.6. The average Bonchev–Trinajstić information content (AvgIpc) is 2.60. The number of thiocarbonyl (C=S) groups is 1. The molecule has 1 aromatic carbocycles. The van der Waals surface area contributed by atoms with Crippen molar-refractivity contribution in [3.8, 4) is 5.75 Å². The molecule has 1 aromatic heterocycles. The van der Waals surface area contributed by atoms with Crippen molar-refractivity contribution in [3.05, 3.63) is 36.0 Å². The van der Waals surface area contributed by atoms with Crippen LogP contribution in [-0.2, 0) is 4.74 Å². The fourth-order valence-electron chi connectivity index (χ4n) is 2.20. The zero-order chi connectivity index (χ0) is 18.8. The molecule has 0 radical (unpaired) electrons. The lowest BCUT2D eigenvalue weighted by Crippen LogP contribution is -2.30. The van der Waals surface area contributed by atoms with E-state index in [1.54, 1.807) is 7.11 Å². The highest BCUT2D eigenvalue weighted by Gasteiger charge is 2.05. The van der Waals surface area contributed by atoms with E-state index in [2.05, 4.69) is 25.9 Å². The number of aromatic nitrogens is 2. The topological polar surface area (TPSA) is 80.3 Å². The van der Waals surface area contributed by atoms with Crippen molar-refractivity contribution in [1.82, 2.24) is 15.3 Å². The molecule has 0 bridgehead atoms. The first kappa shape index (κ1) is 19.9. The Hall–Kier alpha value is -2.45. The van der Waals surface area contributed by atoms with Crippen molar-refractivity contribution in [2.45, 2.75) is 20.3 Å². The summed E-state index contributed by atoms with van der Waals surface area (Å²) in [5.41, 5.74) is 1.75. The van der Waals surface area contributed by atoms with Crippen molar-refractivity contribution in [1.29, 1.82) is 0 Å². The monoisotopic (exact) mass is 375 g/mol. The molecule has 0 saturated heterocycles. The van der Waals surface area contributed by atoms with E-state index in [0.29, 0.717) is 30.1 Å². The molecule has 1 heterocycles. The third-order valence-electron chi connectivity index (χ3n) is 3.33. The van der Waals surface area contributed by atoms with Crippen LogP contribution in [-0.4, -0.2) is 41.9 Å². The molecule has 0 aliphatic carbocycles. The number of hydrogen-bond acceptors (Lipinski definition) is 6. The zero-order valence-electron chi connectivity index (χ0n) is 15.3. The van der Waals surface area contributed by atoms with Gasteiger partial charge in [0.25, 0.3) is 0 Å². The Morgan fingerprint density at radius 1 is 1.19 bits per heavy atom. The molecule has 8 heteroatoms. The maximum atomic E-state index is 5.45. The Kier molecular flexibility index (Phi) is 8.04. The van der Waals surface area contributed by atoms with Gasteiger partial charge in [-0.1, -0.05) is 0 Å². The van der Waals surface area contributed by atoms with Crippen molar-refractivity contribution >= 4 is 34.8 Å². The summed E-state index contributed by atoms with van der Waals surface area (Å²) in [4.78, 5) is 8.82. The summed E-state index contributed by atoms with van der Waals surface area (Å²) in [5.74, 6) is 1.97. The maximum absolute atomic E-state index is 5.45. The standard InChI is InChI=1S/C18H25N5O2S/c1-4-25-15-8-6-14(7-9-15)21-16-12-13(2)20-17(22-16)23-18(26)19-10-5-11-24-3/h6-9,12H,4-5,10-11H2,1-3H3,(H3,19,20,21,22,23,26). The molecular weight excluding hydrogens is 350 g/mol. The van der Waals surface area contributed by atoms with E-state index in [4.69, 9.17) is 21.7 Å². The SMILES string of the molecule is CCOc1ccc(Nc2cc(C)nc(NC(=S)NCCCOC)n2)cc1. The lowest BCUT2D eigenvalue weighted by atomic mass is 10.3. The average molecular weight is 375 g/mol. The van der Waals surface area contributed by atoms with Gasteiger partial charge in [0, 0.05) is 37.7 Å². The van der Waals surface area contributed by atoms with E-state index >= 15 is 0 Å². The summed E-state index contributed by atoms with van der Waals surface area (Å²) in [6.45, 7) is 5.92. The molecule has 0 unspecified atom stereocenters. The Morgan fingerprint density at radius 2 is 1.96 bits per heavy atom. The molecule has 0 spiro atoms. The van der Waals surface area contributed by atoms with Crippen LogP contribution < -0.4 is 20.7 Å². The van der Waals surface area contributed by atoms with Crippen molar-refractivity contribution < 1.29 is 9.47 Å². The fourth-order valence-corrected chi connectivity index (χ4v) is 2.40. The number of methoxy groups -OCH3 is 1. The number of aryl methyl sites for hydroxylation is 1. The van der Waals surface area contributed by atoms with Gasteiger partial charge < -0.3 is 25.4 Å². The highest BCUT2D eigenvalue weighted by Crippen LogP contribution is 2.20. The second kappa shape index (κ2) is 10.5. The molecule has 7 nitrogen and oxygen atoms in total. The number of hydrogen-bond donors (Lipinski definition) is 3. The predicted molar refractivity (Wildman–Crippen MR) is 108 cm³/mol. The number of benzene rings is 1. The number of rotatable bonds is 9. The van der Waals surface area contributed by atoms with Crippen LogP contribution in [0.15, 0.2) is 30.3 Å². The van der Waals surface area contributed by atoms with Crippen LogP contribution in [0.25, 0.3) is 0 Å². The Balaban J connectivity index is 1.96. The quantitative estimate of drug-likeness (QED) is 0.455. The molecule has 0 amide bonds. The predicted octanol–water partition coefficient (Wildman–Crippen LogP) is 3.25. The van der Waals surface area contributed by atoms with E-state index in [-0.39, 0.29) is 0 Å². The second-order valence-electron chi connectivity index (χ2n) is 5.53. The van der Waals surface area contributed by atoms with Gasteiger partial charge in [0.2, 0.25) is 5.95 Å². The van der Waals surface area contributed by atoms with Gasteiger partial charge in [-0.25, -0.2) is 4.98 Å². The lowest BCUT2D eigenvalue weighted by Gasteiger charge is -2.12. The summed E-state index contributed by atoms with van der Waals surface area (Å²) in [7, 11) is 1.68. The van der Waals surface area contributed by atoms with E-state index in [9.17, 15) is 0 Å². The van der Waals surface area contributed by atoms with Crippen LogP contribution in [0.1, 0.15) is 19.0 Å². The third kappa shape index (κ3) is 6.81. The molecule has 0 saturated carbocycles. The van der Waals surface area contributed by atoms with Gasteiger partial charge in [-0.3, -0.25) is 0 Å². The van der Waals surface area contributed by atoms with E-state index < -0.39 is 0 Å². The summed E-state index contributed by atoms with van der Waals surface area (Å²) in [6, 6.07) is 9.59. The fraction of sp³-hybridized carbons (Fsp3) is 0.389. The van der Waals surface area contributed by atoms with Crippen LogP contribution in [0.3, 0.4) is 0 Å². The molecule has 0 aliphatic heterocycles. The normalized spacial score (nSPS) is 10.3. The number of nitrogens with zero attached hydrogens (tertiary/aromatic N) is 2. The minimum absolute atomic E-state index is 0.447. The Morgan fingerprint density at radius 3 is 2.65 bits per heavy atom. The molecule has 2 rings (SSSR count). The molecule has 3 N–H and O–H groups in total. The summed E-state index contributed by atoms with van der Waals surface area (Å²) < 4.78 is 10.5. The molecule has 0 fully saturated rings. The molecule has 140 valence electrons. The van der Waals surface area contributed by atoms with Crippen LogP contribution in [0.2, 0.25) is 0 Å². The van der Waals surface area contributed by atoms with Crippen LogP contribution >= 0.6 is 12.2 Å².